The van der Waals surface area contributed by atoms with E-state index in [2.05, 4.69) is 50.3 Å². The molecule has 0 fully saturated rings. The Kier molecular flexibility index (Phi) is 42.4. The minimum atomic E-state index is -1.12. The number of carboxylic acids is 1. The third kappa shape index (κ3) is 42.6. The highest BCUT2D eigenvalue weighted by Crippen LogP contribution is 2.16. The number of nitrogens with zero attached hydrogens (tertiary/aromatic N) is 1. The Hall–Kier alpha value is -2.45. The first-order chi connectivity index (χ1) is 29.6. The zero-order valence-electron chi connectivity index (χ0n) is 40.6. The first kappa shape index (κ1) is 58.6. The average Bonchev–Trinajstić information content (AvgIpc) is 3.22. The van der Waals surface area contributed by atoms with Crippen LogP contribution in [0.1, 0.15) is 232 Å². The van der Waals surface area contributed by atoms with Gasteiger partial charge in [0.1, 0.15) is 12.6 Å². The first-order valence-corrected chi connectivity index (χ1v) is 25.5. The molecular formula is C53H97NO7. The van der Waals surface area contributed by atoms with Crippen molar-refractivity contribution in [2.24, 2.45) is 0 Å². The molecule has 0 bridgehead atoms. The maximum atomic E-state index is 12.8. The zero-order valence-corrected chi connectivity index (χ0v) is 40.6. The Balaban J connectivity index is 4.16. The maximum Gasteiger partial charge on any atom is 0.306 e. The van der Waals surface area contributed by atoms with Gasteiger partial charge in [-0.05, 0) is 44.9 Å². The largest absolute Gasteiger partial charge is 0.544 e. The van der Waals surface area contributed by atoms with Gasteiger partial charge in [0.25, 0.3) is 0 Å². The van der Waals surface area contributed by atoms with E-state index in [4.69, 9.17) is 14.2 Å². The molecule has 2 unspecified atom stereocenters. The molecule has 0 spiro atoms. The lowest BCUT2D eigenvalue weighted by Gasteiger charge is -2.34. The van der Waals surface area contributed by atoms with Gasteiger partial charge in [-0.15, -0.1) is 0 Å². The Labute approximate surface area is 376 Å². The number of unbranched alkanes of at least 4 members (excludes halogenated alkanes) is 26. The molecule has 61 heavy (non-hydrogen) atoms. The van der Waals surface area contributed by atoms with Crippen LogP contribution in [0.2, 0.25) is 0 Å². The quantitative estimate of drug-likeness (QED) is 0.0260. The van der Waals surface area contributed by atoms with Gasteiger partial charge in [-0.3, -0.25) is 9.59 Å². The van der Waals surface area contributed by atoms with Crippen molar-refractivity contribution in [2.45, 2.75) is 244 Å². The summed E-state index contributed by atoms with van der Waals surface area (Å²) >= 11 is 0. The van der Waals surface area contributed by atoms with Crippen LogP contribution in [0.4, 0.5) is 0 Å². The molecule has 8 nitrogen and oxygen atoms in total. The summed E-state index contributed by atoms with van der Waals surface area (Å²) in [5.74, 6) is -1.72. The molecule has 0 saturated heterocycles. The lowest BCUT2D eigenvalue weighted by Crippen LogP contribution is -2.55. The van der Waals surface area contributed by atoms with Gasteiger partial charge >= 0.3 is 11.9 Å². The van der Waals surface area contributed by atoms with Crippen molar-refractivity contribution in [3.05, 3.63) is 36.5 Å². The highest BCUT2D eigenvalue weighted by atomic mass is 16.6. The highest BCUT2D eigenvalue weighted by molar-refractivity contribution is 5.70. The van der Waals surface area contributed by atoms with Gasteiger partial charge < -0.3 is 28.6 Å². The minimum Gasteiger partial charge on any atom is -0.544 e. The molecule has 0 aliphatic heterocycles. The number of carboxylic acid groups (broad SMARTS) is 1. The number of rotatable bonds is 46. The number of esters is 2. The van der Waals surface area contributed by atoms with E-state index in [0.717, 1.165) is 57.8 Å². The highest BCUT2D eigenvalue weighted by Gasteiger charge is 2.25. The van der Waals surface area contributed by atoms with Gasteiger partial charge in [-0.2, -0.15) is 0 Å². The van der Waals surface area contributed by atoms with E-state index in [9.17, 15) is 19.5 Å². The van der Waals surface area contributed by atoms with Crippen LogP contribution in [0.5, 0.6) is 0 Å². The predicted octanol–water partition coefficient (Wildman–Crippen LogP) is 13.3. The molecule has 0 amide bonds. The molecule has 0 saturated carbocycles. The number of hydrogen-bond acceptors (Lipinski definition) is 7. The molecule has 0 aromatic rings. The second-order valence-corrected chi connectivity index (χ2v) is 18.4. The van der Waals surface area contributed by atoms with E-state index >= 15 is 0 Å². The van der Waals surface area contributed by atoms with Crippen molar-refractivity contribution < 1.29 is 38.2 Å². The molecule has 0 N–H and O–H groups in total. The standard InChI is InChI=1S/C53H97NO7/c1-6-8-10-12-14-16-18-20-22-23-24-25-26-27-28-29-30-32-33-35-37-39-41-43-51(55)60-48-49(47-59-46-45-50(53(57)58)54(3,4)5)61-52(56)44-42-40-38-36-34-31-21-19-17-15-13-11-9-7-2/h8,10,14,16,20,22,49-50H,6-7,9,11-13,15,17-19,21,23-48H2,1-5H3/b10-8+,16-14+,22-20+. The van der Waals surface area contributed by atoms with Crippen molar-refractivity contribution in [3.8, 4) is 0 Å². The fourth-order valence-corrected chi connectivity index (χ4v) is 7.62. The van der Waals surface area contributed by atoms with Gasteiger partial charge in [-0.25, -0.2) is 0 Å². The Morgan fingerprint density at radius 2 is 0.918 bits per heavy atom. The monoisotopic (exact) mass is 860 g/mol. The van der Waals surface area contributed by atoms with E-state index in [0.29, 0.717) is 12.8 Å². The van der Waals surface area contributed by atoms with Crippen molar-refractivity contribution in [2.75, 3.05) is 41.0 Å². The molecule has 8 heteroatoms. The molecule has 2 atom stereocenters. The third-order valence-electron chi connectivity index (χ3n) is 11.5. The van der Waals surface area contributed by atoms with Crippen molar-refractivity contribution in [1.82, 2.24) is 0 Å². The predicted molar refractivity (Wildman–Crippen MR) is 254 cm³/mol. The van der Waals surface area contributed by atoms with Crippen LogP contribution in [-0.4, -0.2) is 75.5 Å². The van der Waals surface area contributed by atoms with Crippen molar-refractivity contribution in [1.29, 1.82) is 0 Å². The van der Waals surface area contributed by atoms with Crippen LogP contribution in [0.15, 0.2) is 36.5 Å². The second-order valence-electron chi connectivity index (χ2n) is 18.4. The Bertz CT molecular complexity index is 1090. The minimum absolute atomic E-state index is 0.0446. The molecule has 0 aromatic carbocycles. The molecular weight excluding hydrogens is 763 g/mol. The lowest BCUT2D eigenvalue weighted by atomic mass is 10.0. The Morgan fingerprint density at radius 1 is 0.508 bits per heavy atom. The number of carbonyl (C=O) groups is 3. The molecule has 0 heterocycles. The fraction of sp³-hybridized carbons (Fsp3) is 0.830. The van der Waals surface area contributed by atoms with E-state index in [1.54, 1.807) is 21.1 Å². The molecule has 0 aliphatic rings. The van der Waals surface area contributed by atoms with Crippen LogP contribution in [0.25, 0.3) is 0 Å². The summed E-state index contributed by atoms with van der Waals surface area (Å²) < 4.78 is 17.2. The zero-order chi connectivity index (χ0) is 44.9. The Morgan fingerprint density at radius 3 is 1.36 bits per heavy atom. The number of aliphatic carboxylic acids is 1. The number of quaternary nitrogens is 1. The summed E-state index contributed by atoms with van der Waals surface area (Å²) in [6.07, 6.45) is 51.7. The normalized spacial score (nSPS) is 13.1. The summed E-state index contributed by atoms with van der Waals surface area (Å²) in [4.78, 5) is 37.0. The van der Waals surface area contributed by atoms with Crippen LogP contribution >= 0.6 is 0 Å². The van der Waals surface area contributed by atoms with E-state index < -0.39 is 18.1 Å². The van der Waals surface area contributed by atoms with Crippen LogP contribution in [0, 0.1) is 0 Å². The summed E-state index contributed by atoms with van der Waals surface area (Å²) in [6.45, 7) is 4.58. The number of likely N-dealkylation sites (N-methyl/N-ethyl adjacent to an activating group) is 1. The van der Waals surface area contributed by atoms with Gasteiger partial charge in [0.2, 0.25) is 0 Å². The molecule has 0 radical (unpaired) electrons. The summed E-state index contributed by atoms with van der Waals surface area (Å²) in [5, 5.41) is 11.7. The maximum absolute atomic E-state index is 12.8. The van der Waals surface area contributed by atoms with Crippen LogP contribution in [-0.2, 0) is 28.6 Å². The summed E-state index contributed by atoms with van der Waals surface area (Å²) in [7, 11) is 5.42. The summed E-state index contributed by atoms with van der Waals surface area (Å²) in [6, 6.07) is -0.723. The van der Waals surface area contributed by atoms with E-state index in [1.165, 1.54) is 141 Å². The average molecular weight is 860 g/mol. The van der Waals surface area contributed by atoms with Crippen molar-refractivity contribution in [3.63, 3.8) is 0 Å². The lowest BCUT2D eigenvalue weighted by molar-refractivity contribution is -0.889. The SMILES string of the molecule is CC/C=C/C/C=C/C/C=C/CCCCCCCCCCCCCCCC(=O)OCC(COCCC(C(=O)[O-])[N+](C)(C)C)OC(=O)CCCCCCCCCCCCCCCC. The first-order valence-electron chi connectivity index (χ1n) is 25.5. The number of allylic oxidation sites excluding steroid dienone is 6. The molecule has 0 aromatic heterocycles. The molecule has 356 valence electrons. The smallest absolute Gasteiger partial charge is 0.306 e. The topological polar surface area (TPSA) is 102 Å². The fourth-order valence-electron chi connectivity index (χ4n) is 7.62. The third-order valence-corrected chi connectivity index (χ3v) is 11.5. The molecule has 0 rings (SSSR count). The molecule has 0 aliphatic carbocycles. The number of carbonyl (C=O) groups excluding carboxylic acids is 3. The van der Waals surface area contributed by atoms with E-state index in [1.807, 2.05) is 0 Å². The van der Waals surface area contributed by atoms with Gasteiger partial charge in [-0.1, -0.05) is 204 Å². The van der Waals surface area contributed by atoms with Gasteiger partial charge in [0.05, 0.1) is 40.3 Å². The van der Waals surface area contributed by atoms with Crippen LogP contribution in [0.3, 0.4) is 0 Å². The summed E-state index contributed by atoms with van der Waals surface area (Å²) in [5.41, 5.74) is 0. The second kappa shape index (κ2) is 44.2. The van der Waals surface area contributed by atoms with Gasteiger partial charge in [0.15, 0.2) is 6.10 Å². The van der Waals surface area contributed by atoms with Gasteiger partial charge in [0, 0.05) is 19.3 Å². The number of hydrogen-bond donors (Lipinski definition) is 0. The van der Waals surface area contributed by atoms with Crippen LogP contribution < -0.4 is 5.11 Å². The van der Waals surface area contributed by atoms with E-state index in [-0.39, 0.29) is 42.7 Å². The number of ether oxygens (including phenoxy) is 3. The van der Waals surface area contributed by atoms with Crippen molar-refractivity contribution >= 4 is 17.9 Å².